The van der Waals surface area contributed by atoms with Gasteiger partial charge in [0.05, 0.1) is 0 Å². The number of aryl methyl sites for hydroxylation is 1. The Morgan fingerprint density at radius 2 is 1.70 bits per heavy atom. The van der Waals surface area contributed by atoms with Gasteiger partial charge in [-0.2, -0.15) is 0 Å². The topological polar surface area (TPSA) is 88.3 Å². The maximum Gasteiger partial charge on any atom is 0.326 e. The van der Waals surface area contributed by atoms with Crippen LogP contribution in [0.2, 0.25) is 0 Å². The molecule has 0 spiro atoms. The average Bonchev–Trinajstić information content (AvgIpc) is 3.01. The second-order valence-electron chi connectivity index (χ2n) is 6.22. The number of nitrogens with one attached hydrogen (secondary N) is 2. The number of esters is 1. The van der Waals surface area contributed by atoms with E-state index in [0.717, 1.165) is 16.6 Å². The minimum Gasteiger partial charge on any atom is -0.453 e. The molecule has 0 aliphatic heterocycles. The van der Waals surface area contributed by atoms with Gasteiger partial charge in [-0.3, -0.25) is 14.4 Å². The van der Waals surface area contributed by atoms with E-state index in [1.807, 2.05) is 31.2 Å². The van der Waals surface area contributed by atoms with Crippen molar-refractivity contribution in [2.45, 2.75) is 20.0 Å². The predicted molar refractivity (Wildman–Crippen MR) is 102 cm³/mol. The molecule has 1 amide bonds. The summed E-state index contributed by atoms with van der Waals surface area (Å²) >= 11 is 0. The van der Waals surface area contributed by atoms with Crippen molar-refractivity contribution in [2.24, 2.45) is 0 Å². The molecule has 0 unspecified atom stereocenters. The monoisotopic (exact) mass is 364 g/mol. The number of rotatable bonds is 6. The zero-order valence-electron chi connectivity index (χ0n) is 15.1. The Bertz CT molecular complexity index is 992. The number of hydrogen-bond donors (Lipinski definition) is 2. The number of amides is 1. The Morgan fingerprint density at radius 1 is 1.04 bits per heavy atom. The van der Waals surface area contributed by atoms with Gasteiger partial charge >= 0.3 is 5.97 Å². The number of carbonyl (C=O) groups excluding carboxylic acids is 3. The number of ether oxygens (including phenoxy) is 1. The molecule has 0 fully saturated rings. The Labute approximate surface area is 156 Å². The molecule has 0 saturated heterocycles. The standard InChI is InChI=1S/C21H20N2O4/c1-13-19(16-10-6-7-11-17(16)23-13)20(25)14(2)27-18(24)12-22-21(26)15-8-4-3-5-9-15/h3-11,14,23H,12H2,1-2H3,(H,22,26)/t14-/m0/s1. The molecule has 3 rings (SSSR count). The molecule has 0 radical (unpaired) electrons. The van der Waals surface area contributed by atoms with Crippen LogP contribution in [0.25, 0.3) is 10.9 Å². The highest BCUT2D eigenvalue weighted by atomic mass is 16.5. The number of hydrogen-bond acceptors (Lipinski definition) is 4. The lowest BCUT2D eigenvalue weighted by atomic mass is 10.0. The molecular weight excluding hydrogens is 344 g/mol. The lowest BCUT2D eigenvalue weighted by molar-refractivity contribution is -0.145. The summed E-state index contributed by atoms with van der Waals surface area (Å²) in [7, 11) is 0. The first-order valence-corrected chi connectivity index (χ1v) is 8.61. The molecule has 2 N–H and O–H groups in total. The van der Waals surface area contributed by atoms with Gasteiger partial charge in [0.25, 0.3) is 5.91 Å². The van der Waals surface area contributed by atoms with Gasteiger partial charge in [-0.05, 0) is 32.0 Å². The molecule has 3 aromatic rings. The number of aromatic nitrogens is 1. The highest BCUT2D eigenvalue weighted by Gasteiger charge is 2.24. The summed E-state index contributed by atoms with van der Waals surface area (Å²) in [6, 6.07) is 16.0. The second kappa shape index (κ2) is 7.86. The minimum absolute atomic E-state index is 0.285. The molecule has 1 aromatic heterocycles. The molecule has 6 heteroatoms. The van der Waals surface area contributed by atoms with E-state index in [1.165, 1.54) is 6.92 Å². The number of para-hydroxylation sites is 1. The third-order valence-electron chi connectivity index (χ3n) is 4.25. The smallest absolute Gasteiger partial charge is 0.326 e. The zero-order chi connectivity index (χ0) is 19.4. The van der Waals surface area contributed by atoms with Crippen LogP contribution in [0.5, 0.6) is 0 Å². The Hall–Kier alpha value is -3.41. The maximum atomic E-state index is 12.8. The van der Waals surface area contributed by atoms with Gasteiger partial charge in [0.2, 0.25) is 5.78 Å². The molecule has 6 nitrogen and oxygen atoms in total. The van der Waals surface area contributed by atoms with Crippen LogP contribution >= 0.6 is 0 Å². The number of ketones is 1. The fraction of sp³-hybridized carbons (Fsp3) is 0.190. The van der Waals surface area contributed by atoms with Crippen molar-refractivity contribution in [3.8, 4) is 0 Å². The molecule has 27 heavy (non-hydrogen) atoms. The predicted octanol–water partition coefficient (Wildman–Crippen LogP) is 3.02. The first-order chi connectivity index (χ1) is 13.0. The van der Waals surface area contributed by atoms with Gasteiger partial charge in [0, 0.05) is 27.7 Å². The van der Waals surface area contributed by atoms with Gasteiger partial charge in [-0.15, -0.1) is 0 Å². The molecular formula is C21H20N2O4. The van der Waals surface area contributed by atoms with Crippen LogP contribution in [0.4, 0.5) is 0 Å². The third kappa shape index (κ3) is 4.06. The minimum atomic E-state index is -0.955. The number of H-pyrrole nitrogens is 1. The van der Waals surface area contributed by atoms with Gasteiger partial charge in [0.15, 0.2) is 6.10 Å². The number of fused-ring (bicyclic) bond motifs is 1. The van der Waals surface area contributed by atoms with Crippen LogP contribution < -0.4 is 5.32 Å². The average molecular weight is 364 g/mol. The van der Waals surface area contributed by atoms with Gasteiger partial charge in [-0.25, -0.2) is 0 Å². The van der Waals surface area contributed by atoms with Crippen LogP contribution in [0.3, 0.4) is 0 Å². The molecule has 0 bridgehead atoms. The molecule has 2 aromatic carbocycles. The maximum absolute atomic E-state index is 12.8. The van der Waals surface area contributed by atoms with Crippen molar-refractivity contribution < 1.29 is 19.1 Å². The van der Waals surface area contributed by atoms with Crippen molar-refractivity contribution in [3.63, 3.8) is 0 Å². The van der Waals surface area contributed by atoms with E-state index in [2.05, 4.69) is 10.3 Å². The Morgan fingerprint density at radius 3 is 2.44 bits per heavy atom. The van der Waals surface area contributed by atoms with Crippen molar-refractivity contribution in [1.29, 1.82) is 0 Å². The lowest BCUT2D eigenvalue weighted by Gasteiger charge is -2.13. The normalized spacial score (nSPS) is 11.8. The molecule has 1 atom stereocenters. The summed E-state index contributed by atoms with van der Waals surface area (Å²) in [5.41, 5.74) is 2.54. The molecule has 0 saturated carbocycles. The van der Waals surface area contributed by atoms with Crippen LogP contribution in [0.15, 0.2) is 54.6 Å². The SMILES string of the molecule is Cc1[nH]c2ccccc2c1C(=O)[C@H](C)OC(=O)CNC(=O)c1ccccc1. The highest BCUT2D eigenvalue weighted by Crippen LogP contribution is 2.23. The van der Waals surface area contributed by atoms with E-state index < -0.39 is 12.1 Å². The highest BCUT2D eigenvalue weighted by molar-refractivity contribution is 6.11. The van der Waals surface area contributed by atoms with Gasteiger partial charge in [-0.1, -0.05) is 36.4 Å². The van der Waals surface area contributed by atoms with E-state index >= 15 is 0 Å². The number of carbonyl (C=O) groups is 3. The van der Waals surface area contributed by atoms with Crippen LogP contribution in [0.1, 0.15) is 33.3 Å². The molecule has 1 heterocycles. The zero-order valence-corrected chi connectivity index (χ0v) is 15.1. The van der Waals surface area contributed by atoms with Gasteiger partial charge in [0.1, 0.15) is 6.54 Å². The number of benzene rings is 2. The first-order valence-electron chi connectivity index (χ1n) is 8.61. The van der Waals surface area contributed by atoms with E-state index in [4.69, 9.17) is 4.74 Å². The lowest BCUT2D eigenvalue weighted by Crippen LogP contribution is -2.34. The first kappa shape index (κ1) is 18.4. The van der Waals surface area contributed by atoms with Crippen LogP contribution in [0, 0.1) is 6.92 Å². The quantitative estimate of drug-likeness (QED) is 0.520. The fourth-order valence-electron chi connectivity index (χ4n) is 2.93. The van der Waals surface area contributed by atoms with E-state index in [0.29, 0.717) is 11.1 Å². The van der Waals surface area contributed by atoms with Crippen molar-refractivity contribution >= 4 is 28.6 Å². The number of aromatic amines is 1. The largest absolute Gasteiger partial charge is 0.453 e. The van der Waals surface area contributed by atoms with Gasteiger partial charge < -0.3 is 15.0 Å². The number of Topliss-reactive ketones (excluding diaryl/α,β-unsaturated/α-hetero) is 1. The van der Waals surface area contributed by atoms with Crippen molar-refractivity contribution in [2.75, 3.05) is 6.54 Å². The Balaban J connectivity index is 1.61. The van der Waals surface area contributed by atoms with E-state index in [-0.39, 0.29) is 18.2 Å². The molecule has 0 aliphatic carbocycles. The fourth-order valence-corrected chi connectivity index (χ4v) is 2.93. The summed E-state index contributed by atoms with van der Waals surface area (Å²) in [5, 5.41) is 3.28. The van der Waals surface area contributed by atoms with Crippen molar-refractivity contribution in [3.05, 3.63) is 71.4 Å². The van der Waals surface area contributed by atoms with E-state index in [1.54, 1.807) is 30.3 Å². The summed E-state index contributed by atoms with van der Waals surface area (Å²) in [4.78, 5) is 39.9. The van der Waals surface area contributed by atoms with E-state index in [9.17, 15) is 14.4 Å². The third-order valence-corrected chi connectivity index (χ3v) is 4.25. The van der Waals surface area contributed by atoms with Crippen molar-refractivity contribution in [1.82, 2.24) is 10.3 Å². The molecule has 0 aliphatic rings. The second-order valence-corrected chi connectivity index (χ2v) is 6.22. The van der Waals surface area contributed by atoms with Crippen LogP contribution in [-0.4, -0.2) is 35.3 Å². The molecule has 138 valence electrons. The Kier molecular flexibility index (Phi) is 5.35. The van der Waals surface area contributed by atoms with Crippen LogP contribution in [-0.2, 0) is 9.53 Å². The summed E-state index contributed by atoms with van der Waals surface area (Å²) in [6.07, 6.45) is -0.955. The summed E-state index contributed by atoms with van der Waals surface area (Å²) in [6.45, 7) is 3.03. The summed E-state index contributed by atoms with van der Waals surface area (Å²) in [5.74, 6) is -1.33. The summed E-state index contributed by atoms with van der Waals surface area (Å²) < 4.78 is 5.21.